The number of aromatic nitrogens is 1. The third-order valence-electron chi connectivity index (χ3n) is 3.47. The minimum atomic E-state index is -0.258. The Labute approximate surface area is 160 Å². The molecule has 0 spiro atoms. The number of ether oxygens (including phenoxy) is 1. The summed E-state index contributed by atoms with van der Waals surface area (Å²) in [6.07, 6.45) is 1.65. The lowest BCUT2D eigenvalue weighted by molar-refractivity contribution is 0.0268. The van der Waals surface area contributed by atoms with E-state index in [0.717, 1.165) is 11.3 Å². The van der Waals surface area contributed by atoms with Crippen LogP contribution in [-0.2, 0) is 11.3 Å². The summed E-state index contributed by atoms with van der Waals surface area (Å²) in [5.74, 6) is 1.31. The molecule has 6 nitrogen and oxygen atoms in total. The number of guanidine groups is 1. The van der Waals surface area contributed by atoms with E-state index >= 15 is 0 Å². The average Bonchev–Trinajstić information content (AvgIpc) is 3.05. The molecular weight excluding hydrogens is 419 g/mol. The summed E-state index contributed by atoms with van der Waals surface area (Å²) >= 11 is 0. The van der Waals surface area contributed by atoms with Crippen molar-refractivity contribution in [3.05, 3.63) is 42.3 Å². The van der Waals surface area contributed by atoms with Gasteiger partial charge in [0.2, 0.25) is 5.89 Å². The Morgan fingerprint density at radius 3 is 2.58 bits per heavy atom. The van der Waals surface area contributed by atoms with Crippen molar-refractivity contribution in [2.45, 2.75) is 26.0 Å². The van der Waals surface area contributed by atoms with Crippen molar-refractivity contribution in [1.82, 2.24) is 15.6 Å². The predicted octanol–water partition coefficient (Wildman–Crippen LogP) is 3.05. The van der Waals surface area contributed by atoms with Gasteiger partial charge in [0.25, 0.3) is 0 Å². The standard InChI is InChI=1S/C17H24N4O2.HI/c1-17(2,22-4)12-20-16(18-3)19-10-14-11-23-15(21-14)13-8-6-5-7-9-13;/h5-9,11H,10,12H2,1-4H3,(H2,18,19,20);1H. The zero-order valence-electron chi connectivity index (χ0n) is 14.5. The van der Waals surface area contributed by atoms with Crippen molar-refractivity contribution >= 4 is 29.9 Å². The molecule has 0 saturated heterocycles. The molecule has 1 aromatic carbocycles. The summed E-state index contributed by atoms with van der Waals surface area (Å²) in [6, 6.07) is 9.82. The van der Waals surface area contributed by atoms with E-state index < -0.39 is 0 Å². The normalized spacial score (nSPS) is 11.8. The number of hydrogen-bond acceptors (Lipinski definition) is 4. The van der Waals surface area contributed by atoms with Crippen LogP contribution < -0.4 is 10.6 Å². The van der Waals surface area contributed by atoms with Crippen molar-refractivity contribution in [1.29, 1.82) is 0 Å². The van der Waals surface area contributed by atoms with Crippen molar-refractivity contribution in [2.75, 3.05) is 20.7 Å². The van der Waals surface area contributed by atoms with Crippen LogP contribution in [0.3, 0.4) is 0 Å². The largest absolute Gasteiger partial charge is 0.444 e. The van der Waals surface area contributed by atoms with Gasteiger partial charge >= 0.3 is 0 Å². The molecule has 0 amide bonds. The Morgan fingerprint density at radius 2 is 1.96 bits per heavy atom. The molecule has 2 N–H and O–H groups in total. The molecule has 0 unspecified atom stereocenters. The second kappa shape index (κ2) is 9.63. The highest BCUT2D eigenvalue weighted by Crippen LogP contribution is 2.17. The topological polar surface area (TPSA) is 71.7 Å². The van der Waals surface area contributed by atoms with Crippen LogP contribution in [0.5, 0.6) is 0 Å². The highest BCUT2D eigenvalue weighted by atomic mass is 127. The van der Waals surface area contributed by atoms with Crippen molar-refractivity contribution in [3.8, 4) is 11.5 Å². The van der Waals surface area contributed by atoms with Gasteiger partial charge in [-0.2, -0.15) is 0 Å². The van der Waals surface area contributed by atoms with E-state index in [9.17, 15) is 0 Å². The number of halogens is 1. The van der Waals surface area contributed by atoms with E-state index in [2.05, 4.69) is 20.6 Å². The molecule has 0 radical (unpaired) electrons. The maximum absolute atomic E-state index is 5.52. The minimum absolute atomic E-state index is 0. The summed E-state index contributed by atoms with van der Waals surface area (Å²) in [7, 11) is 3.42. The number of aliphatic imine (C=N–C) groups is 1. The third kappa shape index (κ3) is 6.12. The lowest BCUT2D eigenvalue weighted by atomic mass is 10.1. The van der Waals surface area contributed by atoms with Crippen LogP contribution in [0.4, 0.5) is 0 Å². The number of hydrogen-bond donors (Lipinski definition) is 2. The predicted molar refractivity (Wildman–Crippen MR) is 107 cm³/mol. The first-order valence-corrected chi connectivity index (χ1v) is 7.53. The fourth-order valence-electron chi connectivity index (χ4n) is 1.87. The molecular formula is C17H25IN4O2. The summed E-state index contributed by atoms with van der Waals surface area (Å²) in [4.78, 5) is 8.66. The van der Waals surface area contributed by atoms with Gasteiger partial charge in [-0.1, -0.05) is 18.2 Å². The zero-order chi connectivity index (χ0) is 16.7. The van der Waals surface area contributed by atoms with E-state index in [1.54, 1.807) is 20.4 Å². The van der Waals surface area contributed by atoms with Crippen LogP contribution >= 0.6 is 24.0 Å². The SMILES string of the molecule is CN=C(NCc1coc(-c2ccccc2)n1)NCC(C)(C)OC.I. The lowest BCUT2D eigenvalue weighted by Crippen LogP contribution is -2.45. The van der Waals surface area contributed by atoms with Crippen molar-refractivity contribution in [2.24, 2.45) is 4.99 Å². The average molecular weight is 444 g/mol. The van der Waals surface area contributed by atoms with Gasteiger partial charge < -0.3 is 19.8 Å². The Bertz CT molecular complexity index is 641. The molecule has 0 fully saturated rings. The van der Waals surface area contributed by atoms with Crippen LogP contribution in [0, 0.1) is 0 Å². The molecule has 2 aromatic rings. The van der Waals surface area contributed by atoms with E-state index in [0.29, 0.717) is 24.9 Å². The first-order valence-electron chi connectivity index (χ1n) is 7.53. The van der Waals surface area contributed by atoms with Gasteiger partial charge in [-0.3, -0.25) is 4.99 Å². The Kier molecular flexibility index (Phi) is 8.20. The summed E-state index contributed by atoms with van der Waals surface area (Å²) in [5.41, 5.74) is 1.52. The Balaban J connectivity index is 0.00000288. The number of nitrogens with zero attached hydrogens (tertiary/aromatic N) is 2. The van der Waals surface area contributed by atoms with Gasteiger partial charge in [-0.05, 0) is 26.0 Å². The zero-order valence-corrected chi connectivity index (χ0v) is 16.8. The molecule has 0 aliphatic heterocycles. The number of rotatable bonds is 6. The minimum Gasteiger partial charge on any atom is -0.444 e. The molecule has 0 saturated carbocycles. The first-order chi connectivity index (χ1) is 11.0. The van der Waals surface area contributed by atoms with E-state index in [-0.39, 0.29) is 29.6 Å². The molecule has 0 aliphatic rings. The fraction of sp³-hybridized carbons (Fsp3) is 0.412. The van der Waals surface area contributed by atoms with Crippen LogP contribution in [-0.4, -0.2) is 37.2 Å². The molecule has 2 rings (SSSR count). The maximum atomic E-state index is 5.52. The molecule has 24 heavy (non-hydrogen) atoms. The molecule has 132 valence electrons. The van der Waals surface area contributed by atoms with E-state index in [1.165, 1.54) is 0 Å². The third-order valence-corrected chi connectivity index (χ3v) is 3.47. The molecule has 7 heteroatoms. The Morgan fingerprint density at radius 1 is 1.25 bits per heavy atom. The summed E-state index contributed by atoms with van der Waals surface area (Å²) < 4.78 is 10.9. The Hall–Kier alpha value is -1.61. The molecule has 0 atom stereocenters. The highest BCUT2D eigenvalue weighted by Gasteiger charge is 2.16. The first kappa shape index (κ1) is 20.4. The maximum Gasteiger partial charge on any atom is 0.226 e. The number of benzene rings is 1. The molecule has 1 heterocycles. The number of methoxy groups -OCH3 is 1. The van der Waals surface area contributed by atoms with Gasteiger partial charge in [0.15, 0.2) is 5.96 Å². The summed E-state index contributed by atoms with van der Waals surface area (Å²) in [5, 5.41) is 6.43. The van der Waals surface area contributed by atoms with Gasteiger partial charge in [0, 0.05) is 26.3 Å². The second-order valence-corrected chi connectivity index (χ2v) is 5.75. The molecule has 0 bridgehead atoms. The van der Waals surface area contributed by atoms with Crippen molar-refractivity contribution < 1.29 is 9.15 Å². The lowest BCUT2D eigenvalue weighted by Gasteiger charge is -2.24. The van der Waals surface area contributed by atoms with Crippen LogP contribution in [0.1, 0.15) is 19.5 Å². The van der Waals surface area contributed by atoms with Gasteiger partial charge in [-0.25, -0.2) is 4.98 Å². The fourth-order valence-corrected chi connectivity index (χ4v) is 1.87. The number of oxazole rings is 1. The van der Waals surface area contributed by atoms with E-state index in [4.69, 9.17) is 9.15 Å². The smallest absolute Gasteiger partial charge is 0.226 e. The highest BCUT2D eigenvalue weighted by molar-refractivity contribution is 14.0. The van der Waals surface area contributed by atoms with Crippen LogP contribution in [0.25, 0.3) is 11.5 Å². The van der Waals surface area contributed by atoms with Crippen LogP contribution in [0.2, 0.25) is 0 Å². The molecule has 0 aliphatic carbocycles. The monoisotopic (exact) mass is 444 g/mol. The second-order valence-electron chi connectivity index (χ2n) is 5.75. The quantitative estimate of drug-likeness (QED) is 0.407. The van der Waals surface area contributed by atoms with Gasteiger partial charge in [0.1, 0.15) is 6.26 Å². The van der Waals surface area contributed by atoms with Crippen LogP contribution in [0.15, 0.2) is 46.0 Å². The van der Waals surface area contributed by atoms with E-state index in [1.807, 2.05) is 44.2 Å². The van der Waals surface area contributed by atoms with Crippen molar-refractivity contribution in [3.63, 3.8) is 0 Å². The summed E-state index contributed by atoms with van der Waals surface area (Å²) in [6.45, 7) is 5.20. The molecule has 1 aromatic heterocycles. The van der Waals surface area contributed by atoms with Gasteiger partial charge in [0.05, 0.1) is 17.8 Å². The van der Waals surface area contributed by atoms with Gasteiger partial charge in [-0.15, -0.1) is 24.0 Å². The number of nitrogens with one attached hydrogen (secondary N) is 2.